The van der Waals surface area contributed by atoms with Crippen molar-refractivity contribution in [2.75, 3.05) is 13.2 Å². The number of aromatic nitrogens is 1. The second kappa shape index (κ2) is 7.84. The number of nitrogens with one attached hydrogen (secondary N) is 2. The number of para-hydroxylation sites is 1. The SMILES string of the molecule is CC1(C)C2CCC1(C)C(O)C2CC(=O)NC(CO)C(=O)N1CCc2c([nH]c3ccccc23)C1. The van der Waals surface area contributed by atoms with Gasteiger partial charge in [-0.25, -0.2) is 0 Å². The van der Waals surface area contributed by atoms with Crippen molar-refractivity contribution in [2.45, 2.75) is 65.1 Å². The second-order valence-electron chi connectivity index (χ2n) is 11.0. The minimum absolute atomic E-state index is 0.0192. The van der Waals surface area contributed by atoms with E-state index in [1.165, 1.54) is 10.9 Å². The maximum absolute atomic E-state index is 13.2. The standard InChI is InChI=1S/C26H35N3O4/c1-25(2)18-8-10-26(25,3)23(32)17(18)12-22(31)28-21(14-30)24(33)29-11-9-16-15-6-4-5-7-19(15)27-20(16)13-29/h4-7,17-18,21,23,27,30,32H,8-14H2,1-3H3,(H,28,31). The van der Waals surface area contributed by atoms with Gasteiger partial charge in [0.15, 0.2) is 0 Å². The van der Waals surface area contributed by atoms with E-state index in [4.69, 9.17) is 0 Å². The maximum atomic E-state index is 13.2. The summed E-state index contributed by atoms with van der Waals surface area (Å²) in [4.78, 5) is 31.2. The van der Waals surface area contributed by atoms with Gasteiger partial charge in [-0.2, -0.15) is 0 Å². The highest BCUT2D eigenvalue weighted by atomic mass is 16.3. The zero-order valence-electron chi connectivity index (χ0n) is 19.7. The smallest absolute Gasteiger partial charge is 0.247 e. The Balaban J connectivity index is 1.24. The Labute approximate surface area is 194 Å². The van der Waals surface area contributed by atoms with Gasteiger partial charge < -0.3 is 25.4 Å². The first kappa shape index (κ1) is 22.4. The molecular weight excluding hydrogens is 418 g/mol. The molecule has 1 aromatic carbocycles. The van der Waals surface area contributed by atoms with Crippen LogP contribution in [0.2, 0.25) is 0 Å². The van der Waals surface area contributed by atoms with E-state index in [9.17, 15) is 19.8 Å². The number of fused-ring (bicyclic) bond motifs is 5. The molecule has 4 N–H and O–H groups in total. The monoisotopic (exact) mass is 453 g/mol. The van der Waals surface area contributed by atoms with Crippen LogP contribution in [0.4, 0.5) is 0 Å². The lowest BCUT2D eigenvalue weighted by molar-refractivity contribution is -0.139. The van der Waals surface area contributed by atoms with Gasteiger partial charge in [-0.15, -0.1) is 0 Å². The Kier molecular flexibility index (Phi) is 5.33. The highest BCUT2D eigenvalue weighted by molar-refractivity contribution is 5.89. The molecule has 2 fully saturated rings. The first-order chi connectivity index (χ1) is 15.7. The zero-order chi connectivity index (χ0) is 23.5. The van der Waals surface area contributed by atoms with E-state index < -0.39 is 18.8 Å². The first-order valence-corrected chi connectivity index (χ1v) is 12.1. The van der Waals surface area contributed by atoms with Crippen LogP contribution in [0.1, 0.15) is 51.3 Å². The van der Waals surface area contributed by atoms with Crippen molar-refractivity contribution in [3.63, 3.8) is 0 Å². The van der Waals surface area contributed by atoms with Gasteiger partial charge in [-0.05, 0) is 53.6 Å². The molecular formula is C26H35N3O4. The largest absolute Gasteiger partial charge is 0.394 e. The molecule has 5 unspecified atom stereocenters. The summed E-state index contributed by atoms with van der Waals surface area (Å²) >= 11 is 0. The molecule has 2 aliphatic carbocycles. The number of amides is 2. The molecule has 0 saturated heterocycles. The van der Waals surface area contributed by atoms with Gasteiger partial charge in [0, 0.05) is 29.6 Å². The minimum Gasteiger partial charge on any atom is -0.394 e. The Hall–Kier alpha value is -2.38. The number of hydrogen-bond acceptors (Lipinski definition) is 4. The minimum atomic E-state index is -0.970. The third kappa shape index (κ3) is 3.31. The van der Waals surface area contributed by atoms with Gasteiger partial charge in [-0.1, -0.05) is 39.0 Å². The molecule has 7 heteroatoms. The van der Waals surface area contributed by atoms with Crippen molar-refractivity contribution >= 4 is 22.7 Å². The van der Waals surface area contributed by atoms with Crippen LogP contribution in [0.15, 0.2) is 24.3 Å². The van der Waals surface area contributed by atoms with Gasteiger partial charge in [-0.3, -0.25) is 9.59 Å². The van der Waals surface area contributed by atoms with Crippen LogP contribution in [0.5, 0.6) is 0 Å². The number of hydrogen-bond donors (Lipinski definition) is 4. The zero-order valence-corrected chi connectivity index (χ0v) is 19.7. The lowest BCUT2D eigenvalue weighted by atomic mass is 9.70. The Morgan fingerprint density at radius 3 is 2.73 bits per heavy atom. The molecule has 5 rings (SSSR count). The van der Waals surface area contributed by atoms with Crippen LogP contribution < -0.4 is 5.32 Å². The molecule has 178 valence electrons. The van der Waals surface area contributed by atoms with Gasteiger partial charge in [0.2, 0.25) is 11.8 Å². The van der Waals surface area contributed by atoms with E-state index in [0.717, 1.165) is 30.5 Å². The van der Waals surface area contributed by atoms with Gasteiger partial charge in [0.25, 0.3) is 0 Å². The first-order valence-electron chi connectivity index (χ1n) is 12.1. The topological polar surface area (TPSA) is 106 Å². The number of nitrogens with zero attached hydrogens (tertiary/aromatic N) is 1. The molecule has 0 spiro atoms. The number of carbonyl (C=O) groups is 2. The summed E-state index contributed by atoms with van der Waals surface area (Å²) in [6.07, 6.45) is 2.39. The summed E-state index contributed by atoms with van der Waals surface area (Å²) in [6, 6.07) is 7.15. The number of H-pyrrole nitrogens is 1. The van der Waals surface area contributed by atoms with Crippen LogP contribution in [-0.4, -0.2) is 57.2 Å². The van der Waals surface area contributed by atoms with Crippen molar-refractivity contribution in [3.05, 3.63) is 35.5 Å². The Morgan fingerprint density at radius 2 is 2.03 bits per heavy atom. The predicted molar refractivity (Wildman–Crippen MR) is 125 cm³/mol. The fraction of sp³-hybridized carbons (Fsp3) is 0.615. The second-order valence-corrected chi connectivity index (χ2v) is 11.0. The maximum Gasteiger partial charge on any atom is 0.247 e. The summed E-state index contributed by atoms with van der Waals surface area (Å²) in [7, 11) is 0. The highest BCUT2D eigenvalue weighted by Crippen LogP contribution is 2.68. The van der Waals surface area contributed by atoms with E-state index in [0.29, 0.717) is 13.1 Å². The van der Waals surface area contributed by atoms with Gasteiger partial charge in [0.05, 0.1) is 19.3 Å². The van der Waals surface area contributed by atoms with E-state index in [-0.39, 0.29) is 40.9 Å². The molecule has 2 aromatic rings. The van der Waals surface area contributed by atoms with Crippen LogP contribution in [-0.2, 0) is 22.6 Å². The van der Waals surface area contributed by atoms with E-state index >= 15 is 0 Å². The third-order valence-corrected chi connectivity index (χ3v) is 9.38. The van der Waals surface area contributed by atoms with Crippen LogP contribution in [0.3, 0.4) is 0 Å². The normalized spacial score (nSPS) is 30.9. The molecule has 3 aliphatic rings. The molecule has 1 aliphatic heterocycles. The van der Waals surface area contributed by atoms with Crippen molar-refractivity contribution in [1.82, 2.24) is 15.2 Å². The predicted octanol–water partition coefficient (Wildman–Crippen LogP) is 2.35. The highest BCUT2D eigenvalue weighted by Gasteiger charge is 2.65. The number of rotatable bonds is 5. The number of aromatic amines is 1. The molecule has 2 bridgehead atoms. The molecule has 2 saturated carbocycles. The molecule has 7 nitrogen and oxygen atoms in total. The van der Waals surface area contributed by atoms with Crippen molar-refractivity contribution < 1.29 is 19.8 Å². The Morgan fingerprint density at radius 1 is 1.27 bits per heavy atom. The molecule has 1 aromatic heterocycles. The fourth-order valence-corrected chi connectivity index (χ4v) is 7.04. The molecule has 2 amide bonds. The van der Waals surface area contributed by atoms with Crippen LogP contribution >= 0.6 is 0 Å². The Bertz CT molecular complexity index is 1090. The van der Waals surface area contributed by atoms with Gasteiger partial charge >= 0.3 is 0 Å². The average Bonchev–Trinajstić information content (AvgIpc) is 3.32. The summed E-state index contributed by atoms with van der Waals surface area (Å²) in [6.45, 7) is 7.06. The third-order valence-electron chi connectivity index (χ3n) is 9.38. The van der Waals surface area contributed by atoms with Crippen molar-refractivity contribution in [3.8, 4) is 0 Å². The van der Waals surface area contributed by atoms with Crippen LogP contribution in [0, 0.1) is 22.7 Å². The van der Waals surface area contributed by atoms with E-state index in [1.807, 2.05) is 18.2 Å². The van der Waals surface area contributed by atoms with Gasteiger partial charge in [0.1, 0.15) is 6.04 Å². The van der Waals surface area contributed by atoms with Crippen LogP contribution in [0.25, 0.3) is 10.9 Å². The van der Waals surface area contributed by atoms with E-state index in [1.54, 1.807) is 4.90 Å². The molecule has 0 radical (unpaired) electrons. The summed E-state index contributed by atoms with van der Waals surface area (Å²) in [5.41, 5.74) is 3.11. The van der Waals surface area contributed by atoms with Crippen molar-refractivity contribution in [1.29, 1.82) is 0 Å². The summed E-state index contributed by atoms with van der Waals surface area (Å²) in [5, 5.41) is 24.8. The number of benzene rings is 1. The summed E-state index contributed by atoms with van der Waals surface area (Å²) in [5.74, 6) is -0.371. The number of carbonyl (C=O) groups excluding carboxylic acids is 2. The molecule has 2 heterocycles. The number of aliphatic hydroxyl groups is 2. The lowest BCUT2D eigenvalue weighted by Gasteiger charge is -2.37. The van der Waals surface area contributed by atoms with Crippen molar-refractivity contribution in [2.24, 2.45) is 22.7 Å². The van der Waals surface area contributed by atoms with E-state index in [2.05, 4.69) is 37.1 Å². The molecule has 33 heavy (non-hydrogen) atoms. The average molecular weight is 454 g/mol. The summed E-state index contributed by atoms with van der Waals surface area (Å²) < 4.78 is 0. The fourth-order valence-electron chi connectivity index (χ4n) is 7.04. The number of aliphatic hydroxyl groups excluding tert-OH is 2. The quantitative estimate of drug-likeness (QED) is 0.558. The molecule has 5 atom stereocenters. The lowest BCUT2D eigenvalue weighted by Crippen LogP contribution is -2.52.